The second kappa shape index (κ2) is 8.32. The molecule has 1 heterocycles. The Balaban J connectivity index is 1.68. The Labute approximate surface area is 170 Å². The molecule has 0 aliphatic rings. The summed E-state index contributed by atoms with van der Waals surface area (Å²) in [6, 6.07) is 17.8. The molecule has 140 valence electrons. The molecule has 27 heavy (non-hydrogen) atoms. The van der Waals surface area contributed by atoms with Crippen LogP contribution in [0.5, 0.6) is 11.6 Å². The maximum absolute atomic E-state index is 5.91. The molecule has 5 heteroatoms. The number of aryl methyl sites for hydroxylation is 1. The minimum atomic E-state index is 0.166. The molecule has 0 amide bonds. The van der Waals surface area contributed by atoms with Crippen LogP contribution in [0.3, 0.4) is 0 Å². The Bertz CT molecular complexity index is 903. The number of thioether (sulfide) groups is 1. The van der Waals surface area contributed by atoms with E-state index in [4.69, 9.17) is 16.3 Å². The number of hydrogen-bond acceptors (Lipinski definition) is 4. The van der Waals surface area contributed by atoms with Crippen LogP contribution in [0.1, 0.15) is 37.6 Å². The monoisotopic (exact) mass is 398 g/mol. The average Bonchev–Trinajstić information content (AvgIpc) is 2.61. The first-order chi connectivity index (χ1) is 12.8. The van der Waals surface area contributed by atoms with E-state index in [9.17, 15) is 0 Å². The molecule has 0 unspecified atom stereocenters. The first-order valence-corrected chi connectivity index (χ1v) is 10.2. The highest BCUT2D eigenvalue weighted by atomic mass is 35.5. The molecule has 0 N–H and O–H groups in total. The lowest BCUT2D eigenvalue weighted by molar-refractivity contribution is 0.454. The summed E-state index contributed by atoms with van der Waals surface area (Å²) in [5.74, 6) is 2.05. The first-order valence-electron chi connectivity index (χ1n) is 8.81. The van der Waals surface area contributed by atoms with Crippen molar-refractivity contribution in [3.8, 4) is 11.6 Å². The molecule has 0 bridgehead atoms. The van der Waals surface area contributed by atoms with E-state index >= 15 is 0 Å². The van der Waals surface area contributed by atoms with Gasteiger partial charge in [0.25, 0.3) is 0 Å². The van der Waals surface area contributed by atoms with Crippen LogP contribution in [0, 0.1) is 6.92 Å². The van der Waals surface area contributed by atoms with Gasteiger partial charge in [0, 0.05) is 22.5 Å². The fraction of sp³-hybridized carbons (Fsp3) is 0.273. The van der Waals surface area contributed by atoms with Crippen LogP contribution in [-0.4, -0.2) is 9.97 Å². The Hall–Kier alpha value is -2.04. The zero-order valence-corrected chi connectivity index (χ0v) is 17.6. The van der Waals surface area contributed by atoms with Crippen molar-refractivity contribution in [2.24, 2.45) is 0 Å². The van der Waals surface area contributed by atoms with Gasteiger partial charge in [-0.1, -0.05) is 68.4 Å². The van der Waals surface area contributed by atoms with E-state index in [1.807, 2.05) is 25.1 Å². The molecule has 0 atom stereocenters. The van der Waals surface area contributed by atoms with Gasteiger partial charge in [-0.25, -0.2) is 4.98 Å². The van der Waals surface area contributed by atoms with E-state index in [-0.39, 0.29) is 5.41 Å². The zero-order valence-electron chi connectivity index (χ0n) is 16.0. The average molecular weight is 399 g/mol. The molecule has 0 aliphatic heterocycles. The molecule has 2 aromatic carbocycles. The fourth-order valence-corrected chi connectivity index (χ4v) is 3.48. The van der Waals surface area contributed by atoms with E-state index in [1.54, 1.807) is 23.9 Å². The van der Waals surface area contributed by atoms with E-state index in [1.165, 1.54) is 11.1 Å². The fourth-order valence-electron chi connectivity index (χ4n) is 2.50. The maximum Gasteiger partial charge on any atom is 0.223 e. The first kappa shape index (κ1) is 19.7. The normalized spacial score (nSPS) is 11.4. The molecule has 0 fully saturated rings. The van der Waals surface area contributed by atoms with Gasteiger partial charge < -0.3 is 4.74 Å². The number of ether oxygens (including phenoxy) is 1. The predicted molar refractivity (Wildman–Crippen MR) is 113 cm³/mol. The second-order valence-electron chi connectivity index (χ2n) is 7.42. The molecule has 3 nitrogen and oxygen atoms in total. The summed E-state index contributed by atoms with van der Waals surface area (Å²) in [5.41, 5.74) is 3.62. The predicted octanol–water partition coefficient (Wildman–Crippen LogP) is 6.82. The van der Waals surface area contributed by atoms with Crippen LogP contribution in [0.4, 0.5) is 0 Å². The van der Waals surface area contributed by atoms with E-state index in [0.717, 1.165) is 11.4 Å². The number of benzene rings is 2. The van der Waals surface area contributed by atoms with Crippen molar-refractivity contribution >= 4 is 23.4 Å². The number of halogens is 1. The summed E-state index contributed by atoms with van der Waals surface area (Å²) < 4.78 is 5.84. The van der Waals surface area contributed by atoms with Gasteiger partial charge >= 0.3 is 0 Å². The Morgan fingerprint density at radius 3 is 2.26 bits per heavy atom. The van der Waals surface area contributed by atoms with E-state index < -0.39 is 0 Å². The van der Waals surface area contributed by atoms with Crippen LogP contribution in [0.15, 0.2) is 59.8 Å². The van der Waals surface area contributed by atoms with Crippen molar-refractivity contribution in [1.82, 2.24) is 9.97 Å². The number of hydrogen-bond donors (Lipinski definition) is 0. The third-order valence-electron chi connectivity index (χ3n) is 4.03. The molecule has 0 aliphatic carbocycles. The molecule has 0 saturated carbocycles. The highest BCUT2D eigenvalue weighted by Gasteiger charge is 2.13. The van der Waals surface area contributed by atoms with Crippen molar-refractivity contribution < 1.29 is 4.74 Å². The van der Waals surface area contributed by atoms with Gasteiger partial charge in [-0.2, -0.15) is 4.98 Å². The van der Waals surface area contributed by atoms with Crippen LogP contribution in [0.25, 0.3) is 0 Å². The van der Waals surface area contributed by atoms with E-state index in [2.05, 4.69) is 55.0 Å². The zero-order chi connectivity index (χ0) is 19.4. The van der Waals surface area contributed by atoms with Gasteiger partial charge in [0.05, 0.1) is 0 Å². The van der Waals surface area contributed by atoms with Crippen molar-refractivity contribution in [2.45, 2.75) is 44.0 Å². The van der Waals surface area contributed by atoms with Crippen molar-refractivity contribution in [2.75, 3.05) is 0 Å². The summed E-state index contributed by atoms with van der Waals surface area (Å²) in [5, 5.41) is 1.38. The Kier molecular flexibility index (Phi) is 6.08. The molecule has 0 saturated heterocycles. The lowest BCUT2D eigenvalue weighted by Crippen LogP contribution is -2.10. The number of aromatic nitrogens is 2. The standard InChI is InChI=1S/C22H23ClN2OS/c1-15-13-20(26-19-11-9-18(23)10-12-19)25-21(24-15)27-14-16-5-7-17(8-6-16)22(2,3)4/h5-13H,14H2,1-4H3. The van der Waals surface area contributed by atoms with Gasteiger partial charge in [-0.15, -0.1) is 0 Å². The third-order valence-corrected chi connectivity index (χ3v) is 5.20. The van der Waals surface area contributed by atoms with Crippen molar-refractivity contribution in [1.29, 1.82) is 0 Å². The Morgan fingerprint density at radius 1 is 0.963 bits per heavy atom. The lowest BCUT2D eigenvalue weighted by atomic mass is 9.87. The SMILES string of the molecule is Cc1cc(Oc2ccc(Cl)cc2)nc(SCc2ccc(C(C)(C)C)cc2)n1. The summed E-state index contributed by atoms with van der Waals surface area (Å²) in [7, 11) is 0. The van der Waals surface area contributed by atoms with Gasteiger partial charge in [0.2, 0.25) is 5.88 Å². The lowest BCUT2D eigenvalue weighted by Gasteiger charge is -2.19. The second-order valence-corrected chi connectivity index (χ2v) is 8.80. The maximum atomic E-state index is 5.91. The highest BCUT2D eigenvalue weighted by molar-refractivity contribution is 7.98. The van der Waals surface area contributed by atoms with Crippen LogP contribution in [-0.2, 0) is 11.2 Å². The molecule has 3 aromatic rings. The van der Waals surface area contributed by atoms with Gasteiger partial charge in [-0.05, 0) is 47.7 Å². The summed E-state index contributed by atoms with van der Waals surface area (Å²) in [4.78, 5) is 9.03. The molecule has 0 spiro atoms. The minimum Gasteiger partial charge on any atom is -0.439 e. The number of rotatable bonds is 5. The summed E-state index contributed by atoms with van der Waals surface area (Å²) in [6.07, 6.45) is 0. The van der Waals surface area contributed by atoms with Crippen LogP contribution < -0.4 is 4.74 Å². The molecular formula is C22H23ClN2OS. The largest absolute Gasteiger partial charge is 0.439 e. The van der Waals surface area contributed by atoms with Crippen LogP contribution in [0.2, 0.25) is 5.02 Å². The Morgan fingerprint density at radius 2 is 1.63 bits per heavy atom. The summed E-state index contributed by atoms with van der Waals surface area (Å²) >= 11 is 7.52. The summed E-state index contributed by atoms with van der Waals surface area (Å²) in [6.45, 7) is 8.61. The van der Waals surface area contributed by atoms with Gasteiger partial charge in [-0.3, -0.25) is 0 Å². The molecule has 1 aromatic heterocycles. The quantitative estimate of drug-likeness (QED) is 0.349. The molecule has 3 rings (SSSR count). The molecular weight excluding hydrogens is 376 g/mol. The topological polar surface area (TPSA) is 35.0 Å². The van der Waals surface area contributed by atoms with Crippen molar-refractivity contribution in [3.05, 3.63) is 76.4 Å². The number of nitrogens with zero attached hydrogens (tertiary/aromatic N) is 2. The van der Waals surface area contributed by atoms with Crippen molar-refractivity contribution in [3.63, 3.8) is 0 Å². The minimum absolute atomic E-state index is 0.166. The van der Waals surface area contributed by atoms with Gasteiger partial charge in [0.15, 0.2) is 5.16 Å². The van der Waals surface area contributed by atoms with Gasteiger partial charge in [0.1, 0.15) is 5.75 Å². The molecule has 0 radical (unpaired) electrons. The third kappa shape index (κ3) is 5.72. The highest BCUT2D eigenvalue weighted by Crippen LogP contribution is 2.27. The van der Waals surface area contributed by atoms with E-state index in [0.29, 0.717) is 21.8 Å². The van der Waals surface area contributed by atoms with Crippen LogP contribution >= 0.6 is 23.4 Å². The smallest absolute Gasteiger partial charge is 0.223 e.